The van der Waals surface area contributed by atoms with Crippen LogP contribution in [0.4, 0.5) is 10.8 Å². The topological polar surface area (TPSA) is 98.5 Å². The van der Waals surface area contributed by atoms with Crippen molar-refractivity contribution in [1.82, 2.24) is 10.2 Å². The molecule has 0 bridgehead atoms. The number of rotatable bonds is 6. The Morgan fingerprint density at radius 3 is 2.77 bits per heavy atom. The van der Waals surface area contributed by atoms with Crippen LogP contribution < -0.4 is 9.64 Å². The quantitative estimate of drug-likeness (QED) is 0.328. The minimum Gasteiger partial charge on any atom is -0.485 e. The molecule has 160 valence electrons. The predicted octanol–water partition coefficient (Wildman–Crippen LogP) is 5.50. The number of carbonyl (C=O) groups excluding carboxylic acids is 1. The second-order valence-electron chi connectivity index (χ2n) is 6.53. The molecule has 1 aliphatic heterocycles. The zero-order valence-corrected chi connectivity index (χ0v) is 19.0. The van der Waals surface area contributed by atoms with Gasteiger partial charge in [-0.05, 0) is 30.7 Å². The fourth-order valence-electron chi connectivity index (χ4n) is 2.97. The molecular formula is C19H14Cl2N4O4S2. The van der Waals surface area contributed by atoms with E-state index >= 15 is 0 Å². The smallest absolute Gasteiger partial charge is 0.269 e. The molecule has 2 heterocycles. The average molecular weight is 497 g/mol. The van der Waals surface area contributed by atoms with Crippen molar-refractivity contribution in [3.05, 3.63) is 73.2 Å². The van der Waals surface area contributed by atoms with Gasteiger partial charge in [-0.2, -0.15) is 0 Å². The van der Waals surface area contributed by atoms with E-state index in [1.165, 1.54) is 40.1 Å². The molecule has 0 spiro atoms. The maximum absolute atomic E-state index is 12.8. The van der Waals surface area contributed by atoms with Crippen LogP contribution in [0.5, 0.6) is 5.75 Å². The maximum Gasteiger partial charge on any atom is 0.269 e. The van der Waals surface area contributed by atoms with Crippen molar-refractivity contribution in [1.29, 1.82) is 0 Å². The highest BCUT2D eigenvalue weighted by atomic mass is 35.5. The highest BCUT2D eigenvalue weighted by Crippen LogP contribution is 2.46. The summed E-state index contributed by atoms with van der Waals surface area (Å²) in [6, 6.07) is 11.2. The summed E-state index contributed by atoms with van der Waals surface area (Å²) >= 11 is 14.6. The molecule has 1 amide bonds. The van der Waals surface area contributed by atoms with Crippen molar-refractivity contribution >= 4 is 63.0 Å². The van der Waals surface area contributed by atoms with Gasteiger partial charge in [-0.1, -0.05) is 46.7 Å². The summed E-state index contributed by atoms with van der Waals surface area (Å²) in [6.45, 7) is 1.91. The first-order valence-corrected chi connectivity index (χ1v) is 11.5. The summed E-state index contributed by atoms with van der Waals surface area (Å²) in [4.78, 5) is 25.0. The van der Waals surface area contributed by atoms with Crippen LogP contribution in [-0.4, -0.2) is 26.3 Å². The van der Waals surface area contributed by atoms with Gasteiger partial charge < -0.3 is 4.74 Å². The molecule has 1 aliphatic rings. The molecule has 8 nitrogen and oxygen atoms in total. The molecule has 3 aromatic rings. The highest BCUT2D eigenvalue weighted by Gasteiger charge is 2.41. The lowest BCUT2D eigenvalue weighted by Gasteiger charge is -2.20. The molecule has 4 rings (SSSR count). The van der Waals surface area contributed by atoms with Crippen LogP contribution in [0.3, 0.4) is 0 Å². The molecule has 0 aliphatic carbocycles. The third-order valence-electron chi connectivity index (χ3n) is 4.43. The molecule has 0 N–H and O–H groups in total. The Morgan fingerprint density at radius 1 is 1.23 bits per heavy atom. The Labute approximate surface area is 195 Å². The van der Waals surface area contributed by atoms with Crippen LogP contribution in [-0.2, 0) is 11.4 Å². The highest BCUT2D eigenvalue weighted by molar-refractivity contribution is 8.01. The van der Waals surface area contributed by atoms with Gasteiger partial charge in [0.1, 0.15) is 17.7 Å². The number of hydrogen-bond acceptors (Lipinski definition) is 8. The number of aromatic nitrogens is 2. The summed E-state index contributed by atoms with van der Waals surface area (Å²) in [7, 11) is 0. The Balaban J connectivity index is 1.56. The van der Waals surface area contributed by atoms with Crippen LogP contribution in [0.15, 0.2) is 42.5 Å². The first-order valence-electron chi connectivity index (χ1n) is 8.96. The molecule has 31 heavy (non-hydrogen) atoms. The largest absolute Gasteiger partial charge is 0.485 e. The fraction of sp³-hybridized carbons (Fsp3) is 0.211. The van der Waals surface area contributed by atoms with Crippen LogP contribution in [0.25, 0.3) is 0 Å². The number of amides is 1. The summed E-state index contributed by atoms with van der Waals surface area (Å²) < 4.78 is 5.69. The molecule has 0 saturated carbocycles. The zero-order valence-electron chi connectivity index (χ0n) is 15.9. The van der Waals surface area contributed by atoms with Gasteiger partial charge in [-0.25, -0.2) is 0 Å². The molecule has 12 heteroatoms. The van der Waals surface area contributed by atoms with Gasteiger partial charge >= 0.3 is 0 Å². The minimum absolute atomic E-state index is 0.0313. The minimum atomic E-state index is -0.457. The number of hydrogen-bond donors (Lipinski definition) is 0. The summed E-state index contributed by atoms with van der Waals surface area (Å²) in [5.41, 5.74) is 0.620. The summed E-state index contributed by atoms with van der Waals surface area (Å²) in [5.74, 6) is 0.324. The lowest BCUT2D eigenvalue weighted by atomic mass is 10.2. The van der Waals surface area contributed by atoms with Gasteiger partial charge in [0.15, 0.2) is 5.01 Å². The normalized spacial score (nSPS) is 18.4. The van der Waals surface area contributed by atoms with Crippen molar-refractivity contribution in [2.75, 3.05) is 4.90 Å². The third-order valence-corrected chi connectivity index (χ3v) is 7.20. The van der Waals surface area contributed by atoms with E-state index in [9.17, 15) is 14.9 Å². The SMILES string of the molecule is CC1SC(c2cccc([N+](=O)[O-])c2)N(c2nnc(COc3ccc(Cl)cc3Cl)s2)C1=O. The van der Waals surface area contributed by atoms with Gasteiger partial charge in [0.25, 0.3) is 5.69 Å². The number of nitro groups is 1. The Kier molecular flexibility index (Phi) is 6.33. The van der Waals surface area contributed by atoms with E-state index in [4.69, 9.17) is 27.9 Å². The fourth-order valence-corrected chi connectivity index (χ4v) is 5.53. The molecular weight excluding hydrogens is 483 g/mol. The van der Waals surface area contributed by atoms with Gasteiger partial charge in [0, 0.05) is 17.2 Å². The van der Waals surface area contributed by atoms with Crippen LogP contribution >= 0.6 is 46.3 Å². The number of thioether (sulfide) groups is 1. The lowest BCUT2D eigenvalue weighted by molar-refractivity contribution is -0.384. The van der Waals surface area contributed by atoms with Crippen LogP contribution in [0, 0.1) is 10.1 Å². The van der Waals surface area contributed by atoms with E-state index in [1.807, 2.05) is 0 Å². The Morgan fingerprint density at radius 2 is 2.03 bits per heavy atom. The van der Waals surface area contributed by atoms with Gasteiger partial charge in [-0.3, -0.25) is 19.8 Å². The van der Waals surface area contributed by atoms with E-state index in [0.717, 1.165) is 0 Å². The van der Waals surface area contributed by atoms with Crippen LogP contribution in [0.1, 0.15) is 22.9 Å². The molecule has 1 saturated heterocycles. The first-order chi connectivity index (χ1) is 14.8. The van der Waals surface area contributed by atoms with Gasteiger partial charge in [0.05, 0.1) is 15.2 Å². The van der Waals surface area contributed by atoms with E-state index in [-0.39, 0.29) is 23.5 Å². The standard InChI is InChI=1S/C19H14Cl2N4O4S2/c1-10-17(26)24(18(30-10)11-3-2-4-13(7-11)25(27)28)19-23-22-16(31-19)9-29-15-6-5-12(20)8-14(15)21/h2-8,10,18H,9H2,1H3. The number of ether oxygens (including phenoxy) is 1. The molecule has 1 aromatic heterocycles. The molecule has 2 unspecified atom stereocenters. The van der Waals surface area contributed by atoms with Crippen molar-refractivity contribution in [2.24, 2.45) is 0 Å². The van der Waals surface area contributed by atoms with Gasteiger partial charge in [0.2, 0.25) is 11.0 Å². The van der Waals surface area contributed by atoms with Crippen molar-refractivity contribution in [2.45, 2.75) is 24.2 Å². The Bertz CT molecular complexity index is 1160. The lowest BCUT2D eigenvalue weighted by Crippen LogP contribution is -2.30. The number of nitrogens with zero attached hydrogens (tertiary/aromatic N) is 4. The average Bonchev–Trinajstić information content (AvgIpc) is 3.32. The zero-order chi connectivity index (χ0) is 22.1. The number of benzene rings is 2. The van der Waals surface area contributed by atoms with E-state index in [2.05, 4.69) is 10.2 Å². The second-order valence-corrected chi connectivity index (χ2v) is 9.84. The van der Waals surface area contributed by atoms with Crippen molar-refractivity contribution in [3.8, 4) is 5.75 Å². The molecule has 2 aromatic carbocycles. The first kappa shape index (κ1) is 21.8. The van der Waals surface area contributed by atoms with E-state index in [1.54, 1.807) is 37.3 Å². The Hall–Kier alpha value is -2.40. The second kappa shape index (κ2) is 8.99. The summed E-state index contributed by atoms with van der Waals surface area (Å²) in [6.07, 6.45) is 0. The third kappa shape index (κ3) is 4.62. The number of nitro benzene ring substituents is 1. The molecule has 2 atom stereocenters. The number of halogens is 2. The maximum atomic E-state index is 12.8. The summed E-state index contributed by atoms with van der Waals surface area (Å²) in [5, 5.41) is 20.5. The molecule has 1 fully saturated rings. The van der Waals surface area contributed by atoms with Gasteiger partial charge in [-0.15, -0.1) is 22.0 Å². The number of carbonyl (C=O) groups is 1. The molecule has 0 radical (unpaired) electrons. The number of non-ortho nitro benzene ring substituents is 1. The van der Waals surface area contributed by atoms with Crippen LogP contribution in [0.2, 0.25) is 10.0 Å². The van der Waals surface area contributed by atoms with E-state index < -0.39 is 10.3 Å². The number of anilines is 1. The van der Waals surface area contributed by atoms with Crippen molar-refractivity contribution < 1.29 is 14.5 Å². The monoisotopic (exact) mass is 496 g/mol. The van der Waals surface area contributed by atoms with Crippen molar-refractivity contribution in [3.63, 3.8) is 0 Å². The van der Waals surface area contributed by atoms with E-state index in [0.29, 0.717) is 31.5 Å². The predicted molar refractivity (Wildman–Crippen MR) is 121 cm³/mol.